The Morgan fingerprint density at radius 2 is 1.82 bits per heavy atom. The molecule has 0 fully saturated rings. The summed E-state index contributed by atoms with van der Waals surface area (Å²) in [5, 5.41) is -0.409. The van der Waals surface area contributed by atoms with Gasteiger partial charge in [-0.2, -0.15) is 0 Å². The number of carbonyl (C=O) groups is 1. The monoisotopic (exact) mass is 256 g/mol. The second-order valence-corrected chi connectivity index (χ2v) is 5.77. The number of hydrogen-bond acceptors (Lipinski definition) is 1. The quantitative estimate of drug-likeness (QED) is 0.357. The normalized spacial score (nSPS) is 16.5. The number of allylic oxidation sites excluding steroid dienone is 4. The summed E-state index contributed by atoms with van der Waals surface area (Å²) in [4.78, 5) is 10.6. The van der Waals surface area contributed by atoms with Crippen molar-refractivity contribution in [3.8, 4) is 0 Å². The molecule has 0 aliphatic heterocycles. The van der Waals surface area contributed by atoms with E-state index in [-0.39, 0.29) is 0 Å². The maximum absolute atomic E-state index is 10.6. The Labute approximate surface area is 111 Å². The van der Waals surface area contributed by atoms with E-state index in [4.69, 9.17) is 11.6 Å². The van der Waals surface area contributed by atoms with Gasteiger partial charge < -0.3 is 0 Å². The molecule has 2 unspecified atom stereocenters. The minimum atomic E-state index is -0.409. The zero-order valence-corrected chi connectivity index (χ0v) is 12.4. The molecule has 0 heterocycles. The third kappa shape index (κ3) is 9.17. The first-order chi connectivity index (χ1) is 7.82. The molecule has 0 saturated heterocycles. The Morgan fingerprint density at radius 3 is 2.29 bits per heavy atom. The topological polar surface area (TPSA) is 17.1 Å². The fourth-order valence-electron chi connectivity index (χ4n) is 1.72. The summed E-state index contributed by atoms with van der Waals surface area (Å²) in [6, 6.07) is 0. The molecule has 0 aromatic heterocycles. The van der Waals surface area contributed by atoms with Gasteiger partial charge in [0.25, 0.3) is 0 Å². The minimum Gasteiger partial charge on any atom is -0.276 e. The van der Waals surface area contributed by atoms with Crippen LogP contribution in [0.3, 0.4) is 0 Å². The highest BCUT2D eigenvalue weighted by atomic mass is 35.5. The molecule has 0 amide bonds. The van der Waals surface area contributed by atoms with Crippen molar-refractivity contribution in [1.29, 1.82) is 0 Å². The van der Waals surface area contributed by atoms with Crippen molar-refractivity contribution in [1.82, 2.24) is 0 Å². The third-order valence-corrected chi connectivity index (χ3v) is 3.28. The van der Waals surface area contributed by atoms with E-state index < -0.39 is 5.24 Å². The van der Waals surface area contributed by atoms with Crippen LogP contribution < -0.4 is 0 Å². The van der Waals surface area contributed by atoms with Crippen LogP contribution in [0.4, 0.5) is 0 Å². The molecule has 1 nitrogen and oxygen atoms in total. The van der Waals surface area contributed by atoms with E-state index in [1.165, 1.54) is 12.5 Å². The highest BCUT2D eigenvalue weighted by Gasteiger charge is 2.10. The van der Waals surface area contributed by atoms with Gasteiger partial charge >= 0.3 is 0 Å². The van der Waals surface area contributed by atoms with Crippen LogP contribution in [-0.4, -0.2) is 5.24 Å². The molecule has 0 rings (SSSR count). The van der Waals surface area contributed by atoms with Gasteiger partial charge in [0.15, 0.2) is 0 Å². The van der Waals surface area contributed by atoms with Gasteiger partial charge in [0, 0.05) is 6.08 Å². The Hall–Kier alpha value is -0.560. The van der Waals surface area contributed by atoms with Gasteiger partial charge in [-0.05, 0) is 54.7 Å². The van der Waals surface area contributed by atoms with Crippen LogP contribution in [0.1, 0.15) is 47.5 Å². The number of hydrogen-bond donors (Lipinski definition) is 0. The molecule has 2 atom stereocenters. The summed E-state index contributed by atoms with van der Waals surface area (Å²) >= 11 is 5.27. The third-order valence-electron chi connectivity index (χ3n) is 3.17. The van der Waals surface area contributed by atoms with E-state index in [0.717, 1.165) is 23.8 Å². The number of carbonyl (C=O) groups excluding carboxylic acids is 1. The predicted octanol–water partition coefficient (Wildman–Crippen LogP) is 4.96. The summed E-state index contributed by atoms with van der Waals surface area (Å²) in [6.45, 7) is 11.0. The zero-order chi connectivity index (χ0) is 13.4. The van der Waals surface area contributed by atoms with Gasteiger partial charge in [0.05, 0.1) is 0 Å². The fraction of sp³-hybridized carbons (Fsp3) is 0.667. The molecule has 0 saturated carbocycles. The number of rotatable bonds is 7. The summed E-state index contributed by atoms with van der Waals surface area (Å²) in [5.41, 5.74) is 0.911. The van der Waals surface area contributed by atoms with Crippen molar-refractivity contribution in [3.05, 3.63) is 23.8 Å². The molecule has 0 radical (unpaired) electrons. The SMILES string of the molecule is CC(C=CCC(C)CC(C)C(C)C)=CC(=O)Cl. The first-order valence-corrected chi connectivity index (χ1v) is 6.75. The molecule has 17 heavy (non-hydrogen) atoms. The molecule has 0 N–H and O–H groups in total. The largest absolute Gasteiger partial charge is 0.276 e. The second kappa shape index (κ2) is 8.52. The number of halogens is 1. The molecular weight excluding hydrogens is 232 g/mol. The van der Waals surface area contributed by atoms with Gasteiger partial charge in [-0.25, -0.2) is 0 Å². The van der Waals surface area contributed by atoms with Crippen LogP contribution in [-0.2, 0) is 4.79 Å². The average Bonchev–Trinajstić information content (AvgIpc) is 2.15. The first-order valence-electron chi connectivity index (χ1n) is 6.37. The molecule has 0 spiro atoms. The molecule has 2 heteroatoms. The molecule has 0 aromatic rings. The van der Waals surface area contributed by atoms with E-state index in [1.54, 1.807) is 0 Å². The highest BCUT2D eigenvalue weighted by Crippen LogP contribution is 2.21. The Morgan fingerprint density at radius 1 is 1.24 bits per heavy atom. The lowest BCUT2D eigenvalue weighted by Crippen LogP contribution is -2.08. The molecule has 0 aromatic carbocycles. The van der Waals surface area contributed by atoms with Gasteiger partial charge in [-0.3, -0.25) is 4.79 Å². The molecule has 0 bridgehead atoms. The van der Waals surface area contributed by atoms with Crippen LogP contribution >= 0.6 is 11.6 Å². The van der Waals surface area contributed by atoms with E-state index in [9.17, 15) is 4.79 Å². The van der Waals surface area contributed by atoms with Crippen LogP contribution in [0.25, 0.3) is 0 Å². The van der Waals surface area contributed by atoms with Crippen molar-refractivity contribution in [2.75, 3.05) is 0 Å². The van der Waals surface area contributed by atoms with E-state index in [1.807, 2.05) is 13.0 Å². The predicted molar refractivity (Wildman–Crippen MR) is 76.2 cm³/mol. The van der Waals surface area contributed by atoms with Crippen molar-refractivity contribution < 1.29 is 4.79 Å². The van der Waals surface area contributed by atoms with Gasteiger partial charge in [0.1, 0.15) is 0 Å². The van der Waals surface area contributed by atoms with E-state index >= 15 is 0 Å². The lowest BCUT2D eigenvalue weighted by atomic mass is 9.87. The van der Waals surface area contributed by atoms with Gasteiger partial charge in [-0.1, -0.05) is 39.8 Å². The Balaban J connectivity index is 4.03. The average molecular weight is 257 g/mol. The van der Waals surface area contributed by atoms with Crippen molar-refractivity contribution >= 4 is 16.8 Å². The lowest BCUT2D eigenvalue weighted by molar-refractivity contribution is -0.107. The van der Waals surface area contributed by atoms with Crippen LogP contribution in [0, 0.1) is 17.8 Å². The maximum atomic E-state index is 10.6. The Bertz CT molecular complexity index is 289. The summed E-state index contributed by atoms with van der Waals surface area (Å²) < 4.78 is 0. The van der Waals surface area contributed by atoms with Crippen molar-refractivity contribution in [2.24, 2.45) is 17.8 Å². The smallest absolute Gasteiger partial charge is 0.245 e. The fourth-order valence-corrected chi connectivity index (χ4v) is 1.89. The van der Waals surface area contributed by atoms with Crippen LogP contribution in [0.5, 0.6) is 0 Å². The van der Waals surface area contributed by atoms with Crippen molar-refractivity contribution in [3.63, 3.8) is 0 Å². The molecule has 98 valence electrons. The lowest BCUT2D eigenvalue weighted by Gasteiger charge is -2.19. The van der Waals surface area contributed by atoms with Crippen LogP contribution in [0.15, 0.2) is 23.8 Å². The van der Waals surface area contributed by atoms with E-state index in [0.29, 0.717) is 5.92 Å². The highest BCUT2D eigenvalue weighted by molar-refractivity contribution is 6.66. The summed E-state index contributed by atoms with van der Waals surface area (Å²) in [5.74, 6) is 2.19. The van der Waals surface area contributed by atoms with Crippen molar-refractivity contribution in [2.45, 2.75) is 47.5 Å². The molecular formula is C15H25ClO. The van der Waals surface area contributed by atoms with Gasteiger partial charge in [-0.15, -0.1) is 0 Å². The zero-order valence-electron chi connectivity index (χ0n) is 11.7. The Kier molecular flexibility index (Phi) is 8.24. The maximum Gasteiger partial charge on any atom is 0.245 e. The minimum absolute atomic E-state index is 0.409. The van der Waals surface area contributed by atoms with E-state index in [2.05, 4.69) is 33.8 Å². The summed E-state index contributed by atoms with van der Waals surface area (Å²) in [6.07, 6.45) is 7.84. The second-order valence-electron chi connectivity index (χ2n) is 5.39. The molecule has 0 aliphatic carbocycles. The van der Waals surface area contributed by atoms with Crippen LogP contribution in [0.2, 0.25) is 0 Å². The first kappa shape index (κ1) is 16.4. The van der Waals surface area contributed by atoms with Gasteiger partial charge in [0.2, 0.25) is 5.24 Å². The standard InChI is InChI=1S/C15H25ClO/c1-11(2)14(5)9-12(3)7-6-8-13(4)10-15(16)17/h6,8,10-12,14H,7,9H2,1-5H3. The molecule has 0 aliphatic rings. The summed E-state index contributed by atoms with van der Waals surface area (Å²) in [7, 11) is 0.